The van der Waals surface area contributed by atoms with Gasteiger partial charge in [0.15, 0.2) is 0 Å². The molecule has 1 fully saturated rings. The Bertz CT molecular complexity index is 789. The van der Waals surface area contributed by atoms with Gasteiger partial charge in [-0.1, -0.05) is 12.1 Å². The number of nitrogens with zero attached hydrogens (tertiary/aromatic N) is 1. The van der Waals surface area contributed by atoms with E-state index < -0.39 is 5.97 Å². The number of aryl methyl sites for hydroxylation is 1. The lowest BCUT2D eigenvalue weighted by atomic mass is 9.96. The molecule has 0 saturated carbocycles. The Balaban J connectivity index is 1.73. The molecule has 3 rings (SSSR count). The molecule has 0 bridgehead atoms. The van der Waals surface area contributed by atoms with Gasteiger partial charge < -0.3 is 19.2 Å². The van der Waals surface area contributed by atoms with Gasteiger partial charge in [-0.05, 0) is 37.1 Å². The van der Waals surface area contributed by atoms with Gasteiger partial charge in [-0.15, -0.1) is 0 Å². The summed E-state index contributed by atoms with van der Waals surface area (Å²) in [6.45, 7) is 3.26. The number of aromatic carboxylic acids is 1. The number of ether oxygens (including phenoxy) is 1. The molecule has 1 aliphatic rings. The van der Waals surface area contributed by atoms with Gasteiger partial charge in [0.1, 0.15) is 17.1 Å². The van der Waals surface area contributed by atoms with E-state index >= 15 is 0 Å². The predicted octanol–water partition coefficient (Wildman–Crippen LogP) is 3.06. The highest BCUT2D eigenvalue weighted by Crippen LogP contribution is 2.26. The molecule has 0 aliphatic carbocycles. The molecule has 1 aromatic heterocycles. The molecule has 2 heterocycles. The standard InChI is InChI=1S/C19H21NO5/c1-12-17(19(22)23)9-16(25-12)10-20(2)18(21)14-5-3-4-13(8-14)15-6-7-24-11-15/h3-5,8-9,15H,6-7,10-11H2,1-2H3,(H,22,23). The van der Waals surface area contributed by atoms with Crippen molar-refractivity contribution in [2.24, 2.45) is 0 Å². The second-order valence-electron chi connectivity index (χ2n) is 6.33. The fourth-order valence-electron chi connectivity index (χ4n) is 3.08. The van der Waals surface area contributed by atoms with Crippen molar-refractivity contribution < 1.29 is 23.8 Å². The van der Waals surface area contributed by atoms with Crippen molar-refractivity contribution in [2.75, 3.05) is 20.3 Å². The zero-order chi connectivity index (χ0) is 18.0. The molecule has 1 N–H and O–H groups in total. The van der Waals surface area contributed by atoms with E-state index in [1.165, 1.54) is 11.0 Å². The first kappa shape index (κ1) is 17.2. The Kier molecular flexibility index (Phi) is 4.90. The second-order valence-corrected chi connectivity index (χ2v) is 6.33. The van der Waals surface area contributed by atoms with Crippen molar-refractivity contribution in [3.05, 3.63) is 58.5 Å². The van der Waals surface area contributed by atoms with Gasteiger partial charge in [0.25, 0.3) is 5.91 Å². The largest absolute Gasteiger partial charge is 0.478 e. The lowest BCUT2D eigenvalue weighted by molar-refractivity contribution is 0.0694. The zero-order valence-corrected chi connectivity index (χ0v) is 14.3. The van der Waals surface area contributed by atoms with Crippen LogP contribution in [0.15, 0.2) is 34.7 Å². The molecule has 25 heavy (non-hydrogen) atoms. The molecule has 0 radical (unpaired) electrons. The summed E-state index contributed by atoms with van der Waals surface area (Å²) >= 11 is 0. The lowest BCUT2D eigenvalue weighted by Gasteiger charge is -2.17. The molecule has 1 aromatic carbocycles. The average molecular weight is 343 g/mol. The van der Waals surface area contributed by atoms with Crippen LogP contribution in [0.5, 0.6) is 0 Å². The first-order valence-corrected chi connectivity index (χ1v) is 8.21. The topological polar surface area (TPSA) is 80.0 Å². The number of hydrogen-bond donors (Lipinski definition) is 1. The Morgan fingerprint density at radius 3 is 2.76 bits per heavy atom. The molecular formula is C19H21NO5. The summed E-state index contributed by atoms with van der Waals surface area (Å²) in [6, 6.07) is 9.07. The minimum absolute atomic E-state index is 0.124. The SMILES string of the molecule is Cc1oc(CN(C)C(=O)c2cccc(C3CCOC3)c2)cc1C(=O)O. The van der Waals surface area contributed by atoms with Crippen molar-refractivity contribution in [1.82, 2.24) is 4.90 Å². The maximum absolute atomic E-state index is 12.7. The summed E-state index contributed by atoms with van der Waals surface area (Å²) in [5.74, 6) is -0.0405. The van der Waals surface area contributed by atoms with Crippen LogP contribution < -0.4 is 0 Å². The second kappa shape index (κ2) is 7.11. The van der Waals surface area contributed by atoms with E-state index in [0.717, 1.165) is 18.6 Å². The number of carboxylic acid groups (broad SMARTS) is 1. The molecule has 6 heteroatoms. The number of rotatable bonds is 5. The fraction of sp³-hybridized carbons (Fsp3) is 0.368. The minimum Gasteiger partial charge on any atom is -0.478 e. The third-order valence-electron chi connectivity index (χ3n) is 4.47. The third kappa shape index (κ3) is 3.74. The monoisotopic (exact) mass is 343 g/mol. The summed E-state index contributed by atoms with van der Waals surface area (Å²) in [4.78, 5) is 25.3. The van der Waals surface area contributed by atoms with E-state index in [1.54, 1.807) is 20.0 Å². The molecule has 1 atom stereocenters. The van der Waals surface area contributed by atoms with Crippen LogP contribution in [-0.4, -0.2) is 42.1 Å². The van der Waals surface area contributed by atoms with Crippen LogP contribution in [0.25, 0.3) is 0 Å². The van der Waals surface area contributed by atoms with Crippen LogP contribution in [0.2, 0.25) is 0 Å². The van der Waals surface area contributed by atoms with E-state index in [2.05, 4.69) is 0 Å². The van der Waals surface area contributed by atoms with E-state index in [4.69, 9.17) is 14.3 Å². The van der Waals surface area contributed by atoms with E-state index in [9.17, 15) is 9.59 Å². The van der Waals surface area contributed by atoms with Gasteiger partial charge in [0.05, 0.1) is 13.2 Å². The highest BCUT2D eigenvalue weighted by atomic mass is 16.5. The summed E-state index contributed by atoms with van der Waals surface area (Å²) in [6.07, 6.45) is 0.969. The van der Waals surface area contributed by atoms with Gasteiger partial charge in [0.2, 0.25) is 0 Å². The number of carboxylic acids is 1. The molecule has 0 spiro atoms. The normalized spacial score (nSPS) is 16.8. The number of carbonyl (C=O) groups excluding carboxylic acids is 1. The molecule has 2 aromatic rings. The summed E-state index contributed by atoms with van der Waals surface area (Å²) in [7, 11) is 1.67. The number of benzene rings is 1. The third-order valence-corrected chi connectivity index (χ3v) is 4.47. The van der Waals surface area contributed by atoms with Crippen LogP contribution in [0.1, 0.15) is 50.1 Å². The van der Waals surface area contributed by atoms with Gasteiger partial charge >= 0.3 is 5.97 Å². The highest BCUT2D eigenvalue weighted by Gasteiger charge is 2.21. The predicted molar refractivity (Wildman–Crippen MR) is 90.8 cm³/mol. The molecule has 1 amide bonds. The van der Waals surface area contributed by atoms with Crippen molar-refractivity contribution in [3.8, 4) is 0 Å². The first-order chi connectivity index (χ1) is 12.0. The molecule has 1 saturated heterocycles. The zero-order valence-electron chi connectivity index (χ0n) is 14.3. The minimum atomic E-state index is -1.03. The summed E-state index contributed by atoms with van der Waals surface area (Å²) in [5.41, 5.74) is 1.84. The molecular weight excluding hydrogens is 322 g/mol. The van der Waals surface area contributed by atoms with Crippen LogP contribution in [0.3, 0.4) is 0 Å². The lowest BCUT2D eigenvalue weighted by Crippen LogP contribution is -2.26. The fourth-order valence-corrected chi connectivity index (χ4v) is 3.08. The van der Waals surface area contributed by atoms with Crippen molar-refractivity contribution in [1.29, 1.82) is 0 Å². The molecule has 6 nitrogen and oxygen atoms in total. The highest BCUT2D eigenvalue weighted by molar-refractivity contribution is 5.94. The van der Waals surface area contributed by atoms with E-state index in [0.29, 0.717) is 29.6 Å². The number of carbonyl (C=O) groups is 2. The van der Waals surface area contributed by atoms with Crippen LogP contribution >= 0.6 is 0 Å². The average Bonchev–Trinajstić information content (AvgIpc) is 3.24. The quantitative estimate of drug-likeness (QED) is 0.902. The van der Waals surface area contributed by atoms with Gasteiger partial charge in [-0.3, -0.25) is 4.79 Å². The van der Waals surface area contributed by atoms with E-state index in [-0.39, 0.29) is 18.0 Å². The smallest absolute Gasteiger partial charge is 0.339 e. The van der Waals surface area contributed by atoms with Crippen molar-refractivity contribution in [3.63, 3.8) is 0 Å². The number of furan rings is 1. The maximum Gasteiger partial charge on any atom is 0.339 e. The van der Waals surface area contributed by atoms with Gasteiger partial charge in [-0.2, -0.15) is 0 Å². The molecule has 132 valence electrons. The van der Waals surface area contributed by atoms with E-state index in [1.807, 2.05) is 18.2 Å². The van der Waals surface area contributed by atoms with Crippen molar-refractivity contribution in [2.45, 2.75) is 25.8 Å². The van der Waals surface area contributed by atoms with Crippen LogP contribution in [0, 0.1) is 6.92 Å². The van der Waals surface area contributed by atoms with Gasteiger partial charge in [-0.25, -0.2) is 4.79 Å². The van der Waals surface area contributed by atoms with Crippen LogP contribution in [0.4, 0.5) is 0 Å². The number of amides is 1. The van der Waals surface area contributed by atoms with Gasteiger partial charge in [0, 0.05) is 25.1 Å². The van der Waals surface area contributed by atoms with Crippen LogP contribution in [-0.2, 0) is 11.3 Å². The first-order valence-electron chi connectivity index (χ1n) is 8.21. The number of hydrogen-bond acceptors (Lipinski definition) is 4. The Morgan fingerprint density at radius 1 is 1.32 bits per heavy atom. The summed E-state index contributed by atoms with van der Waals surface area (Å²) < 4.78 is 10.9. The Morgan fingerprint density at radius 2 is 2.12 bits per heavy atom. The molecule has 1 unspecified atom stereocenters. The Hall–Kier alpha value is -2.60. The molecule has 1 aliphatic heterocycles. The Labute approximate surface area is 146 Å². The maximum atomic E-state index is 12.7. The summed E-state index contributed by atoms with van der Waals surface area (Å²) in [5, 5.41) is 9.08. The van der Waals surface area contributed by atoms with Crippen molar-refractivity contribution >= 4 is 11.9 Å².